The number of methoxy groups -OCH3 is 1. The van der Waals surface area contributed by atoms with E-state index in [4.69, 9.17) is 4.74 Å². The first-order valence-corrected chi connectivity index (χ1v) is 7.13. The Labute approximate surface area is 104 Å². The molecule has 0 atom stereocenters. The van der Waals surface area contributed by atoms with Gasteiger partial charge in [0.15, 0.2) is 0 Å². The summed E-state index contributed by atoms with van der Waals surface area (Å²) in [5.74, 6) is 0.144. The van der Waals surface area contributed by atoms with Crippen LogP contribution >= 0.6 is 0 Å². The van der Waals surface area contributed by atoms with Gasteiger partial charge in [0.25, 0.3) is 0 Å². The molecule has 0 aromatic carbocycles. The van der Waals surface area contributed by atoms with Gasteiger partial charge in [-0.25, -0.2) is 0 Å². The number of rotatable bonds is 3. The van der Waals surface area contributed by atoms with Gasteiger partial charge in [0, 0.05) is 12.1 Å². The van der Waals surface area contributed by atoms with E-state index < -0.39 is 0 Å². The normalized spacial score (nSPS) is 31.1. The Hall–Kier alpha value is -0.570. The maximum absolute atomic E-state index is 11.4. The van der Waals surface area contributed by atoms with Crippen molar-refractivity contribution < 1.29 is 9.53 Å². The van der Waals surface area contributed by atoms with Gasteiger partial charge in [-0.15, -0.1) is 0 Å². The minimum atomic E-state index is -0.0129. The maximum Gasteiger partial charge on any atom is 0.308 e. The summed E-state index contributed by atoms with van der Waals surface area (Å²) in [6, 6.07) is 1.38. The number of hydrogen-bond donors (Lipinski definition) is 1. The first-order chi connectivity index (χ1) is 8.29. The molecule has 2 aliphatic carbocycles. The second-order valence-electron chi connectivity index (χ2n) is 5.57. The first kappa shape index (κ1) is 12.9. The fraction of sp³-hybridized carbons (Fsp3) is 0.929. The van der Waals surface area contributed by atoms with Crippen LogP contribution in [-0.2, 0) is 9.53 Å². The summed E-state index contributed by atoms with van der Waals surface area (Å²) in [5.41, 5.74) is 0. The van der Waals surface area contributed by atoms with E-state index in [1.807, 2.05) is 0 Å². The topological polar surface area (TPSA) is 38.3 Å². The summed E-state index contributed by atoms with van der Waals surface area (Å²) in [7, 11) is 1.49. The molecule has 0 aromatic rings. The van der Waals surface area contributed by atoms with Crippen molar-refractivity contribution in [1.82, 2.24) is 5.32 Å². The first-order valence-electron chi connectivity index (χ1n) is 7.13. The predicted molar refractivity (Wildman–Crippen MR) is 67.8 cm³/mol. The van der Waals surface area contributed by atoms with Crippen molar-refractivity contribution in [3.05, 3.63) is 0 Å². The van der Waals surface area contributed by atoms with E-state index in [2.05, 4.69) is 5.32 Å². The van der Waals surface area contributed by atoms with Gasteiger partial charge >= 0.3 is 5.97 Å². The van der Waals surface area contributed by atoms with Crippen molar-refractivity contribution in [2.75, 3.05) is 7.11 Å². The van der Waals surface area contributed by atoms with Gasteiger partial charge in [0.05, 0.1) is 13.0 Å². The lowest BCUT2D eigenvalue weighted by Crippen LogP contribution is -2.42. The highest BCUT2D eigenvalue weighted by atomic mass is 16.5. The Morgan fingerprint density at radius 1 is 0.941 bits per heavy atom. The van der Waals surface area contributed by atoms with E-state index in [0.717, 1.165) is 31.7 Å². The van der Waals surface area contributed by atoms with Crippen molar-refractivity contribution >= 4 is 5.97 Å². The van der Waals surface area contributed by atoms with Crippen molar-refractivity contribution in [2.24, 2.45) is 5.92 Å². The van der Waals surface area contributed by atoms with E-state index in [-0.39, 0.29) is 11.9 Å². The second kappa shape index (κ2) is 6.39. The van der Waals surface area contributed by atoms with Crippen molar-refractivity contribution in [2.45, 2.75) is 69.9 Å². The molecule has 1 N–H and O–H groups in total. The highest BCUT2D eigenvalue weighted by Gasteiger charge is 2.28. The summed E-state index contributed by atoms with van der Waals surface area (Å²) in [6.07, 6.45) is 11.1. The van der Waals surface area contributed by atoms with Crippen molar-refractivity contribution in [3.63, 3.8) is 0 Å². The summed E-state index contributed by atoms with van der Waals surface area (Å²) in [6.45, 7) is 0. The van der Waals surface area contributed by atoms with Gasteiger partial charge < -0.3 is 10.1 Å². The molecule has 98 valence electrons. The van der Waals surface area contributed by atoms with Crippen molar-refractivity contribution in [3.8, 4) is 0 Å². The monoisotopic (exact) mass is 239 g/mol. The molecule has 2 saturated carbocycles. The van der Waals surface area contributed by atoms with E-state index in [0.29, 0.717) is 6.04 Å². The number of nitrogens with one attached hydrogen (secondary N) is 1. The quantitative estimate of drug-likeness (QED) is 0.769. The summed E-state index contributed by atoms with van der Waals surface area (Å²) < 4.78 is 4.82. The lowest BCUT2D eigenvalue weighted by atomic mass is 9.85. The molecular formula is C14H25NO2. The van der Waals surface area contributed by atoms with E-state index in [1.54, 1.807) is 0 Å². The maximum atomic E-state index is 11.4. The molecule has 3 heteroatoms. The molecule has 3 nitrogen and oxygen atoms in total. The molecule has 0 heterocycles. The Morgan fingerprint density at radius 2 is 1.53 bits per heavy atom. The van der Waals surface area contributed by atoms with Crippen molar-refractivity contribution in [1.29, 1.82) is 0 Å². The molecule has 2 fully saturated rings. The van der Waals surface area contributed by atoms with E-state index >= 15 is 0 Å². The average Bonchev–Trinajstić information content (AvgIpc) is 2.40. The van der Waals surface area contributed by atoms with E-state index in [9.17, 15) is 4.79 Å². The Morgan fingerprint density at radius 3 is 2.12 bits per heavy atom. The molecule has 2 aliphatic rings. The highest BCUT2D eigenvalue weighted by Crippen LogP contribution is 2.27. The molecule has 0 amide bonds. The molecule has 0 bridgehead atoms. The minimum absolute atomic E-state index is 0.0129. The van der Waals surface area contributed by atoms with Crippen LogP contribution in [0.4, 0.5) is 0 Å². The molecule has 0 saturated heterocycles. The molecular weight excluding hydrogens is 214 g/mol. The molecule has 0 unspecified atom stereocenters. The van der Waals surface area contributed by atoms with Crippen LogP contribution in [0.3, 0.4) is 0 Å². The van der Waals surface area contributed by atoms with Gasteiger partial charge in [0.2, 0.25) is 0 Å². The number of ether oxygens (including phenoxy) is 1. The molecule has 0 aromatic heterocycles. The Kier molecular flexibility index (Phi) is 4.84. The standard InChI is InChI=1S/C14H25NO2/c1-17-14(16)11-7-9-13(10-8-11)15-12-5-3-2-4-6-12/h11-13,15H,2-10H2,1H3. The fourth-order valence-corrected chi connectivity index (χ4v) is 3.27. The summed E-state index contributed by atoms with van der Waals surface area (Å²) in [5, 5.41) is 3.78. The SMILES string of the molecule is COC(=O)C1CCC(NC2CCCCC2)CC1. The number of carbonyl (C=O) groups excluding carboxylic acids is 1. The van der Waals surface area contributed by atoms with Crippen LogP contribution in [0.25, 0.3) is 0 Å². The van der Waals surface area contributed by atoms with Gasteiger partial charge in [0.1, 0.15) is 0 Å². The van der Waals surface area contributed by atoms with Gasteiger partial charge in [-0.1, -0.05) is 19.3 Å². The van der Waals surface area contributed by atoms with E-state index in [1.165, 1.54) is 39.2 Å². The molecule has 17 heavy (non-hydrogen) atoms. The third-order valence-electron chi connectivity index (χ3n) is 4.34. The number of esters is 1. The third-order valence-corrected chi connectivity index (χ3v) is 4.34. The average molecular weight is 239 g/mol. The summed E-state index contributed by atoms with van der Waals surface area (Å²) in [4.78, 5) is 11.4. The third kappa shape index (κ3) is 3.70. The Balaban J connectivity index is 1.69. The largest absolute Gasteiger partial charge is 0.469 e. The highest BCUT2D eigenvalue weighted by molar-refractivity contribution is 5.72. The summed E-state index contributed by atoms with van der Waals surface area (Å²) >= 11 is 0. The van der Waals surface area contributed by atoms with Crippen LogP contribution in [0.2, 0.25) is 0 Å². The second-order valence-corrected chi connectivity index (χ2v) is 5.57. The predicted octanol–water partition coefficient (Wildman–Crippen LogP) is 2.64. The van der Waals surface area contributed by atoms with Gasteiger partial charge in [-0.2, -0.15) is 0 Å². The minimum Gasteiger partial charge on any atom is -0.469 e. The van der Waals surface area contributed by atoms with Crippen LogP contribution in [-0.4, -0.2) is 25.2 Å². The zero-order valence-electron chi connectivity index (χ0n) is 10.9. The van der Waals surface area contributed by atoms with Crippen LogP contribution in [0.1, 0.15) is 57.8 Å². The lowest BCUT2D eigenvalue weighted by molar-refractivity contribution is -0.146. The number of carbonyl (C=O) groups is 1. The zero-order valence-corrected chi connectivity index (χ0v) is 10.9. The Bertz CT molecular complexity index is 241. The smallest absolute Gasteiger partial charge is 0.308 e. The molecule has 0 aliphatic heterocycles. The fourth-order valence-electron chi connectivity index (χ4n) is 3.27. The van der Waals surface area contributed by atoms with Gasteiger partial charge in [-0.05, 0) is 38.5 Å². The zero-order chi connectivity index (χ0) is 12.1. The van der Waals surface area contributed by atoms with Crippen LogP contribution in [0.15, 0.2) is 0 Å². The van der Waals surface area contributed by atoms with Gasteiger partial charge in [-0.3, -0.25) is 4.79 Å². The number of hydrogen-bond acceptors (Lipinski definition) is 3. The molecule has 0 spiro atoms. The molecule has 0 radical (unpaired) electrons. The lowest BCUT2D eigenvalue weighted by Gasteiger charge is -2.32. The van der Waals surface area contributed by atoms with Crippen LogP contribution in [0, 0.1) is 5.92 Å². The van der Waals surface area contributed by atoms with Crippen LogP contribution in [0.5, 0.6) is 0 Å². The van der Waals surface area contributed by atoms with Crippen LogP contribution < -0.4 is 5.32 Å². The molecule has 2 rings (SSSR count).